The maximum atomic E-state index is 15.1. The zero-order chi connectivity index (χ0) is 21.4. The van der Waals surface area contributed by atoms with Crippen molar-refractivity contribution in [3.8, 4) is 11.4 Å². The van der Waals surface area contributed by atoms with Gasteiger partial charge in [-0.25, -0.2) is 4.39 Å². The largest absolute Gasteiger partial charge is 0.369 e. The fraction of sp³-hybridized carbons (Fsp3) is 0.542. The lowest BCUT2D eigenvalue weighted by molar-refractivity contribution is 0.314. The Balaban J connectivity index is 1.54. The van der Waals surface area contributed by atoms with Crippen molar-refractivity contribution in [1.82, 2.24) is 14.7 Å². The predicted molar refractivity (Wildman–Crippen MR) is 119 cm³/mol. The lowest BCUT2D eigenvalue weighted by Gasteiger charge is -2.24. The van der Waals surface area contributed by atoms with Gasteiger partial charge in [-0.1, -0.05) is 37.3 Å². The summed E-state index contributed by atoms with van der Waals surface area (Å²) in [7, 11) is 1.87. The van der Waals surface area contributed by atoms with Gasteiger partial charge in [0.05, 0.1) is 16.8 Å². The predicted octanol–water partition coefficient (Wildman–Crippen LogP) is 5.16. The number of aryl methyl sites for hydroxylation is 1. The van der Waals surface area contributed by atoms with Gasteiger partial charge in [0.1, 0.15) is 5.82 Å². The molecule has 1 aromatic carbocycles. The van der Waals surface area contributed by atoms with Crippen LogP contribution in [0.15, 0.2) is 27.6 Å². The zero-order valence-corrected chi connectivity index (χ0v) is 18.1. The second-order valence-corrected chi connectivity index (χ2v) is 9.00. The normalized spacial score (nSPS) is 18.5. The summed E-state index contributed by atoms with van der Waals surface area (Å²) in [4.78, 5) is 19.9. The van der Waals surface area contributed by atoms with E-state index in [1.54, 1.807) is 6.20 Å². The van der Waals surface area contributed by atoms with Gasteiger partial charge in [0.2, 0.25) is 17.1 Å². The van der Waals surface area contributed by atoms with Gasteiger partial charge < -0.3 is 14.0 Å². The lowest BCUT2D eigenvalue weighted by Crippen LogP contribution is -2.25. The molecule has 7 heteroatoms. The molecule has 6 nitrogen and oxygen atoms in total. The summed E-state index contributed by atoms with van der Waals surface area (Å²) >= 11 is 0. The van der Waals surface area contributed by atoms with Crippen molar-refractivity contribution in [2.45, 2.75) is 63.7 Å². The number of halogens is 1. The van der Waals surface area contributed by atoms with Crippen molar-refractivity contribution in [3.05, 3.63) is 40.3 Å². The zero-order valence-electron chi connectivity index (χ0n) is 18.1. The van der Waals surface area contributed by atoms with E-state index in [0.29, 0.717) is 33.9 Å². The van der Waals surface area contributed by atoms with Gasteiger partial charge in [0.15, 0.2) is 0 Å². The van der Waals surface area contributed by atoms with E-state index in [0.717, 1.165) is 38.8 Å². The molecule has 164 valence electrons. The number of hydrogen-bond acceptors (Lipinski definition) is 5. The molecule has 1 saturated heterocycles. The Kier molecular flexibility index (Phi) is 5.50. The third-order valence-corrected chi connectivity index (χ3v) is 6.84. The van der Waals surface area contributed by atoms with Crippen molar-refractivity contribution in [3.63, 3.8) is 0 Å². The van der Waals surface area contributed by atoms with E-state index in [1.807, 2.05) is 17.7 Å². The first-order valence-corrected chi connectivity index (χ1v) is 11.5. The highest BCUT2D eigenvalue weighted by Crippen LogP contribution is 2.33. The number of nitrogens with zero attached hydrogens (tertiary/aromatic N) is 4. The third kappa shape index (κ3) is 3.86. The van der Waals surface area contributed by atoms with E-state index in [2.05, 4.69) is 15.0 Å². The van der Waals surface area contributed by atoms with Crippen molar-refractivity contribution < 1.29 is 8.91 Å². The summed E-state index contributed by atoms with van der Waals surface area (Å²) in [5.41, 5.74) is 1.38. The van der Waals surface area contributed by atoms with Crippen LogP contribution in [0, 0.1) is 5.82 Å². The molecule has 0 spiro atoms. The summed E-state index contributed by atoms with van der Waals surface area (Å²) in [6, 6.07) is 3.19. The summed E-state index contributed by atoms with van der Waals surface area (Å²) in [6.45, 7) is 1.70. The van der Waals surface area contributed by atoms with E-state index < -0.39 is 0 Å². The Hall–Kier alpha value is -2.70. The quantitative estimate of drug-likeness (QED) is 0.581. The van der Waals surface area contributed by atoms with Crippen LogP contribution in [-0.4, -0.2) is 27.8 Å². The highest BCUT2D eigenvalue weighted by atomic mass is 19.1. The number of aromatic nitrogens is 3. The van der Waals surface area contributed by atoms with Crippen molar-refractivity contribution in [2.24, 2.45) is 7.05 Å². The van der Waals surface area contributed by atoms with Gasteiger partial charge in [-0.15, -0.1) is 0 Å². The summed E-state index contributed by atoms with van der Waals surface area (Å²) in [6.07, 6.45) is 11.9. The highest BCUT2D eigenvalue weighted by Gasteiger charge is 2.24. The first-order valence-electron chi connectivity index (χ1n) is 11.5. The summed E-state index contributed by atoms with van der Waals surface area (Å²) in [5.74, 6) is 0.826. The van der Waals surface area contributed by atoms with Crippen LogP contribution in [-0.2, 0) is 7.05 Å². The number of anilines is 1. The summed E-state index contributed by atoms with van der Waals surface area (Å²) in [5, 5.41) is 4.44. The number of pyridine rings is 1. The minimum Gasteiger partial charge on any atom is -0.369 e. The Morgan fingerprint density at radius 2 is 1.74 bits per heavy atom. The number of rotatable bonds is 3. The molecule has 1 saturated carbocycles. The van der Waals surface area contributed by atoms with Crippen LogP contribution in [0.1, 0.15) is 69.6 Å². The molecule has 2 aliphatic rings. The second kappa shape index (κ2) is 8.44. The second-order valence-electron chi connectivity index (χ2n) is 9.00. The van der Waals surface area contributed by atoms with Crippen LogP contribution in [0.4, 0.5) is 10.1 Å². The Bertz CT molecular complexity index is 1140. The monoisotopic (exact) mass is 424 g/mol. The average Bonchev–Trinajstić information content (AvgIpc) is 3.12. The first-order chi connectivity index (χ1) is 15.1. The standard InChI is InChI=1S/C24H29FN4O2/c1-28-15-18(23-26-24(31-27-23)16-9-5-4-6-10-16)22(30)17-13-19(25)21(14-20(17)28)29-11-7-2-3-8-12-29/h13-16H,2-12H2,1H3. The van der Waals surface area contributed by atoms with Crippen LogP contribution < -0.4 is 10.3 Å². The van der Waals surface area contributed by atoms with Crippen LogP contribution in [0.5, 0.6) is 0 Å². The molecule has 0 radical (unpaired) electrons. The topological polar surface area (TPSA) is 64.2 Å². The minimum atomic E-state index is -0.348. The molecular weight excluding hydrogens is 395 g/mol. The third-order valence-electron chi connectivity index (χ3n) is 6.84. The van der Waals surface area contributed by atoms with Crippen LogP contribution in [0.25, 0.3) is 22.3 Å². The molecule has 3 heterocycles. The molecule has 1 aliphatic heterocycles. The van der Waals surface area contributed by atoms with Gasteiger partial charge in [-0.3, -0.25) is 4.79 Å². The molecule has 0 unspecified atom stereocenters. The molecular formula is C24H29FN4O2. The van der Waals surface area contributed by atoms with E-state index in [1.165, 1.54) is 38.2 Å². The van der Waals surface area contributed by atoms with Crippen LogP contribution >= 0.6 is 0 Å². The highest BCUT2D eigenvalue weighted by molar-refractivity contribution is 5.86. The van der Waals surface area contributed by atoms with Crippen molar-refractivity contribution >= 4 is 16.6 Å². The summed E-state index contributed by atoms with van der Waals surface area (Å²) < 4.78 is 22.5. The molecule has 0 amide bonds. The molecule has 2 fully saturated rings. The molecule has 5 rings (SSSR count). The maximum Gasteiger partial charge on any atom is 0.230 e. The van der Waals surface area contributed by atoms with Gasteiger partial charge in [-0.05, 0) is 37.8 Å². The van der Waals surface area contributed by atoms with Crippen molar-refractivity contribution in [1.29, 1.82) is 0 Å². The Morgan fingerprint density at radius 3 is 2.48 bits per heavy atom. The Labute approximate surface area is 181 Å². The molecule has 0 atom stereocenters. The molecule has 3 aromatic rings. The average molecular weight is 425 g/mol. The number of benzene rings is 1. The van der Waals surface area contributed by atoms with Crippen LogP contribution in [0.2, 0.25) is 0 Å². The molecule has 1 aliphatic carbocycles. The van der Waals surface area contributed by atoms with Gasteiger partial charge in [0.25, 0.3) is 0 Å². The minimum absolute atomic E-state index is 0.259. The van der Waals surface area contributed by atoms with Crippen LogP contribution in [0.3, 0.4) is 0 Å². The fourth-order valence-electron chi connectivity index (χ4n) is 5.06. The SMILES string of the molecule is Cn1cc(-c2noc(C3CCCCC3)n2)c(=O)c2cc(F)c(N3CCCCCC3)cc21. The van der Waals surface area contributed by atoms with Gasteiger partial charge in [0, 0.05) is 37.6 Å². The molecule has 2 aromatic heterocycles. The molecule has 0 bridgehead atoms. The van der Waals surface area contributed by atoms with E-state index >= 15 is 4.39 Å². The van der Waals surface area contributed by atoms with E-state index in [-0.39, 0.29) is 17.2 Å². The van der Waals surface area contributed by atoms with Gasteiger partial charge in [-0.2, -0.15) is 4.98 Å². The molecule has 0 N–H and O–H groups in total. The maximum absolute atomic E-state index is 15.1. The van der Waals surface area contributed by atoms with E-state index in [4.69, 9.17) is 4.52 Å². The lowest BCUT2D eigenvalue weighted by atomic mass is 9.89. The van der Waals surface area contributed by atoms with E-state index in [9.17, 15) is 4.79 Å². The molecule has 31 heavy (non-hydrogen) atoms. The smallest absolute Gasteiger partial charge is 0.230 e. The fourth-order valence-corrected chi connectivity index (χ4v) is 5.06. The van der Waals surface area contributed by atoms with Crippen molar-refractivity contribution in [2.75, 3.05) is 18.0 Å². The number of fused-ring (bicyclic) bond motifs is 1. The van der Waals surface area contributed by atoms with Gasteiger partial charge >= 0.3 is 0 Å². The number of hydrogen-bond donors (Lipinski definition) is 0. The first kappa shape index (κ1) is 20.2. The Morgan fingerprint density at radius 1 is 1.03 bits per heavy atom.